The highest BCUT2D eigenvalue weighted by molar-refractivity contribution is 6.30. The van der Waals surface area contributed by atoms with Gasteiger partial charge in [0.1, 0.15) is 0 Å². The van der Waals surface area contributed by atoms with E-state index in [2.05, 4.69) is 4.98 Å². The van der Waals surface area contributed by atoms with Crippen molar-refractivity contribution in [3.63, 3.8) is 0 Å². The minimum Gasteiger partial charge on any atom is -0.390 e. The molecule has 0 saturated heterocycles. The zero-order valence-electron chi connectivity index (χ0n) is 9.28. The number of aliphatic hydroxyl groups excluding tert-OH is 1. The van der Waals surface area contributed by atoms with E-state index < -0.39 is 4.92 Å². The van der Waals surface area contributed by atoms with Crippen LogP contribution in [0.2, 0.25) is 5.02 Å². The van der Waals surface area contributed by atoms with Gasteiger partial charge in [0.15, 0.2) is 0 Å². The number of aromatic nitrogens is 2. The highest BCUT2D eigenvalue weighted by Gasteiger charge is 2.14. The van der Waals surface area contributed by atoms with Crippen LogP contribution in [0.1, 0.15) is 11.3 Å². The lowest BCUT2D eigenvalue weighted by atomic mass is 10.2. The van der Waals surface area contributed by atoms with E-state index in [0.29, 0.717) is 16.3 Å². The summed E-state index contributed by atoms with van der Waals surface area (Å²) >= 11 is 5.83. The second kappa shape index (κ2) is 5.16. The molecule has 0 amide bonds. The Kier molecular flexibility index (Phi) is 3.59. The van der Waals surface area contributed by atoms with E-state index in [9.17, 15) is 10.1 Å². The molecule has 0 aliphatic rings. The van der Waals surface area contributed by atoms with Crippen molar-refractivity contribution in [2.75, 3.05) is 0 Å². The first-order chi connectivity index (χ1) is 8.60. The molecule has 0 radical (unpaired) electrons. The monoisotopic (exact) mass is 267 g/mol. The van der Waals surface area contributed by atoms with Crippen molar-refractivity contribution in [3.8, 4) is 0 Å². The Labute approximate surface area is 108 Å². The summed E-state index contributed by atoms with van der Waals surface area (Å²) in [4.78, 5) is 14.4. The lowest BCUT2D eigenvalue weighted by molar-refractivity contribution is -0.385. The smallest absolute Gasteiger partial charge is 0.274 e. The average Bonchev–Trinajstić information content (AvgIpc) is 2.76. The van der Waals surface area contributed by atoms with Gasteiger partial charge in [-0.2, -0.15) is 0 Å². The number of nitro groups is 1. The molecule has 2 aromatic rings. The summed E-state index contributed by atoms with van der Waals surface area (Å²) in [7, 11) is 0. The van der Waals surface area contributed by atoms with Crippen LogP contribution in [0.25, 0.3) is 0 Å². The van der Waals surface area contributed by atoms with Crippen molar-refractivity contribution in [2.24, 2.45) is 0 Å². The number of hydrogen-bond donors (Lipinski definition) is 1. The quantitative estimate of drug-likeness (QED) is 0.678. The molecule has 0 unspecified atom stereocenters. The van der Waals surface area contributed by atoms with Gasteiger partial charge in [-0.05, 0) is 12.1 Å². The highest BCUT2D eigenvalue weighted by Crippen LogP contribution is 2.23. The van der Waals surface area contributed by atoms with Gasteiger partial charge >= 0.3 is 0 Å². The van der Waals surface area contributed by atoms with Crippen LogP contribution < -0.4 is 0 Å². The molecule has 0 spiro atoms. The van der Waals surface area contributed by atoms with E-state index in [-0.39, 0.29) is 18.8 Å². The number of imidazole rings is 1. The summed E-state index contributed by atoms with van der Waals surface area (Å²) in [5.41, 5.74) is 1.02. The summed E-state index contributed by atoms with van der Waals surface area (Å²) in [6.45, 7) is 0.120. The summed E-state index contributed by atoms with van der Waals surface area (Å²) in [6, 6.07) is 4.41. The Balaban J connectivity index is 2.32. The number of hydrogen-bond acceptors (Lipinski definition) is 4. The number of halogens is 1. The zero-order chi connectivity index (χ0) is 13.1. The second-order valence-corrected chi connectivity index (χ2v) is 4.16. The van der Waals surface area contributed by atoms with Crippen molar-refractivity contribution in [2.45, 2.75) is 13.2 Å². The van der Waals surface area contributed by atoms with Crippen molar-refractivity contribution in [1.29, 1.82) is 0 Å². The Morgan fingerprint density at radius 3 is 2.89 bits per heavy atom. The predicted molar refractivity (Wildman–Crippen MR) is 65.4 cm³/mol. The fraction of sp³-hybridized carbons (Fsp3) is 0.182. The van der Waals surface area contributed by atoms with E-state index in [1.807, 2.05) is 0 Å². The van der Waals surface area contributed by atoms with Gasteiger partial charge in [-0.25, -0.2) is 4.98 Å². The molecule has 0 bridgehead atoms. The van der Waals surface area contributed by atoms with Crippen LogP contribution >= 0.6 is 11.6 Å². The Morgan fingerprint density at radius 1 is 1.50 bits per heavy atom. The number of nitrogens with zero attached hydrogens (tertiary/aromatic N) is 3. The van der Waals surface area contributed by atoms with Crippen LogP contribution in [0, 0.1) is 10.1 Å². The van der Waals surface area contributed by atoms with Gasteiger partial charge in [0.2, 0.25) is 0 Å². The lowest BCUT2D eigenvalue weighted by Crippen LogP contribution is -2.01. The largest absolute Gasteiger partial charge is 0.390 e. The second-order valence-electron chi connectivity index (χ2n) is 3.73. The highest BCUT2D eigenvalue weighted by atomic mass is 35.5. The average molecular weight is 268 g/mol. The molecule has 1 N–H and O–H groups in total. The van der Waals surface area contributed by atoms with E-state index in [4.69, 9.17) is 16.7 Å². The van der Waals surface area contributed by atoms with Gasteiger partial charge in [-0.3, -0.25) is 10.1 Å². The van der Waals surface area contributed by atoms with Crippen LogP contribution in [-0.4, -0.2) is 19.6 Å². The van der Waals surface area contributed by atoms with Crippen LogP contribution in [0.4, 0.5) is 5.69 Å². The predicted octanol–water partition coefficient (Wildman–Crippen LogP) is 1.99. The van der Waals surface area contributed by atoms with Gasteiger partial charge in [0.05, 0.1) is 35.7 Å². The van der Waals surface area contributed by atoms with Crippen molar-refractivity contribution >= 4 is 17.3 Å². The van der Waals surface area contributed by atoms with Gasteiger partial charge in [-0.1, -0.05) is 11.6 Å². The van der Waals surface area contributed by atoms with Crippen molar-refractivity contribution in [3.05, 3.63) is 57.1 Å². The molecule has 0 atom stereocenters. The summed E-state index contributed by atoms with van der Waals surface area (Å²) in [5.74, 6) is 0. The third-order valence-corrected chi connectivity index (χ3v) is 2.67. The topological polar surface area (TPSA) is 81.2 Å². The van der Waals surface area contributed by atoms with Crippen LogP contribution in [-0.2, 0) is 13.2 Å². The molecular formula is C11H10ClN3O3. The molecule has 94 valence electrons. The molecule has 2 rings (SSSR count). The minimum absolute atomic E-state index is 0.0126. The van der Waals surface area contributed by atoms with Crippen LogP contribution in [0.3, 0.4) is 0 Å². The third-order valence-electron chi connectivity index (χ3n) is 2.44. The number of rotatable bonds is 4. The maximum absolute atomic E-state index is 10.9. The van der Waals surface area contributed by atoms with E-state index in [1.165, 1.54) is 18.5 Å². The number of benzene rings is 1. The Hall–Kier alpha value is -1.92. The first-order valence-corrected chi connectivity index (χ1v) is 5.52. The standard InChI is InChI=1S/C11H10ClN3O3/c12-9-1-2-11(15(17)18)8(3-9)4-14-5-10(6-16)13-7-14/h1-3,5,7,16H,4,6H2. The molecule has 1 aromatic carbocycles. The van der Waals surface area contributed by atoms with E-state index in [1.54, 1.807) is 16.8 Å². The molecular weight excluding hydrogens is 258 g/mol. The molecule has 0 aliphatic heterocycles. The molecule has 6 nitrogen and oxygen atoms in total. The summed E-state index contributed by atoms with van der Waals surface area (Å²) in [6.07, 6.45) is 3.14. The fourth-order valence-corrected chi connectivity index (χ4v) is 1.82. The molecule has 1 heterocycles. The molecule has 0 saturated carbocycles. The molecule has 0 fully saturated rings. The third kappa shape index (κ3) is 2.66. The minimum atomic E-state index is -0.449. The Morgan fingerprint density at radius 2 is 2.28 bits per heavy atom. The van der Waals surface area contributed by atoms with Gasteiger partial charge in [-0.15, -0.1) is 0 Å². The van der Waals surface area contributed by atoms with Crippen LogP contribution in [0.15, 0.2) is 30.7 Å². The first kappa shape index (κ1) is 12.5. The van der Waals surface area contributed by atoms with Gasteiger partial charge < -0.3 is 9.67 Å². The van der Waals surface area contributed by atoms with E-state index in [0.717, 1.165) is 0 Å². The van der Waals surface area contributed by atoms with Gasteiger partial charge in [0.25, 0.3) is 5.69 Å². The number of nitro benzene ring substituents is 1. The maximum Gasteiger partial charge on any atom is 0.274 e. The number of aliphatic hydroxyl groups is 1. The van der Waals surface area contributed by atoms with Crippen molar-refractivity contribution in [1.82, 2.24) is 9.55 Å². The van der Waals surface area contributed by atoms with E-state index >= 15 is 0 Å². The molecule has 18 heavy (non-hydrogen) atoms. The molecule has 0 aliphatic carbocycles. The summed E-state index contributed by atoms with van der Waals surface area (Å²) < 4.78 is 1.66. The zero-order valence-corrected chi connectivity index (χ0v) is 10.0. The Bertz CT molecular complexity index is 583. The van der Waals surface area contributed by atoms with Gasteiger partial charge in [0, 0.05) is 17.3 Å². The van der Waals surface area contributed by atoms with Crippen LogP contribution in [0.5, 0.6) is 0 Å². The maximum atomic E-state index is 10.9. The van der Waals surface area contributed by atoms with Crippen molar-refractivity contribution < 1.29 is 10.0 Å². The normalized spacial score (nSPS) is 10.6. The fourth-order valence-electron chi connectivity index (χ4n) is 1.63. The summed E-state index contributed by atoms with van der Waals surface area (Å²) in [5, 5.41) is 20.2. The first-order valence-electron chi connectivity index (χ1n) is 5.14. The SMILES string of the molecule is O=[N+]([O-])c1ccc(Cl)cc1Cn1cnc(CO)c1. The lowest BCUT2D eigenvalue weighted by Gasteiger charge is -2.04. The molecule has 1 aromatic heterocycles. The molecule has 7 heteroatoms.